The first-order chi connectivity index (χ1) is 10.7. The molecule has 0 aromatic carbocycles. The van der Waals surface area contributed by atoms with Crippen molar-refractivity contribution < 1.29 is 25.5 Å². The SMILES string of the molecule is CCSC(C(O)C(O)C(O)C(O)CO)n1cc(C)c(=O)[nH]c1=O. The Balaban J connectivity index is 3.18. The molecule has 1 aromatic heterocycles. The Labute approximate surface area is 136 Å². The van der Waals surface area contributed by atoms with Gasteiger partial charge in [0.15, 0.2) is 0 Å². The molecule has 0 spiro atoms. The Morgan fingerprint density at radius 1 is 1.17 bits per heavy atom. The molecule has 0 amide bonds. The molecular weight excluding hydrogens is 328 g/mol. The van der Waals surface area contributed by atoms with Gasteiger partial charge in [0.25, 0.3) is 5.56 Å². The van der Waals surface area contributed by atoms with Crippen LogP contribution in [0, 0.1) is 6.92 Å². The van der Waals surface area contributed by atoms with E-state index in [0.29, 0.717) is 5.75 Å². The van der Waals surface area contributed by atoms with Gasteiger partial charge >= 0.3 is 5.69 Å². The number of aromatic amines is 1. The van der Waals surface area contributed by atoms with Crippen molar-refractivity contribution >= 4 is 11.8 Å². The van der Waals surface area contributed by atoms with Crippen molar-refractivity contribution in [1.29, 1.82) is 0 Å². The topological polar surface area (TPSA) is 156 Å². The van der Waals surface area contributed by atoms with E-state index in [0.717, 1.165) is 16.3 Å². The van der Waals surface area contributed by atoms with E-state index in [9.17, 15) is 30.0 Å². The lowest BCUT2D eigenvalue weighted by atomic mass is 10.0. The fourth-order valence-electron chi connectivity index (χ4n) is 2.00. The number of aliphatic hydroxyl groups excluding tert-OH is 5. The van der Waals surface area contributed by atoms with E-state index in [2.05, 4.69) is 4.98 Å². The van der Waals surface area contributed by atoms with Crippen LogP contribution in [0.4, 0.5) is 0 Å². The fraction of sp³-hybridized carbons (Fsp3) is 0.692. The van der Waals surface area contributed by atoms with Crippen molar-refractivity contribution in [2.24, 2.45) is 0 Å². The van der Waals surface area contributed by atoms with E-state index in [1.54, 1.807) is 6.92 Å². The zero-order chi connectivity index (χ0) is 17.7. The second kappa shape index (κ2) is 8.62. The molecule has 23 heavy (non-hydrogen) atoms. The summed E-state index contributed by atoms with van der Waals surface area (Å²) in [7, 11) is 0. The minimum atomic E-state index is -1.81. The number of rotatable bonds is 8. The summed E-state index contributed by atoms with van der Waals surface area (Å²) in [5.74, 6) is 0.470. The minimum Gasteiger partial charge on any atom is -0.394 e. The second-order valence-electron chi connectivity index (χ2n) is 5.05. The summed E-state index contributed by atoms with van der Waals surface area (Å²) >= 11 is 1.11. The number of thioether (sulfide) groups is 1. The van der Waals surface area contributed by atoms with Crippen LogP contribution in [0.3, 0.4) is 0 Å². The van der Waals surface area contributed by atoms with E-state index >= 15 is 0 Å². The lowest BCUT2D eigenvalue weighted by Gasteiger charge is -2.31. The van der Waals surface area contributed by atoms with E-state index in [4.69, 9.17) is 5.11 Å². The van der Waals surface area contributed by atoms with Crippen LogP contribution in [0.5, 0.6) is 0 Å². The summed E-state index contributed by atoms with van der Waals surface area (Å²) in [6.07, 6.45) is -5.62. The first-order valence-electron chi connectivity index (χ1n) is 7.01. The fourth-order valence-corrected chi connectivity index (χ4v) is 3.01. The van der Waals surface area contributed by atoms with Gasteiger partial charge in [0.2, 0.25) is 0 Å². The molecular formula is C13H22N2O7S. The summed E-state index contributed by atoms with van der Waals surface area (Å²) in [6, 6.07) is 0. The molecule has 0 aliphatic rings. The molecule has 0 aliphatic carbocycles. The van der Waals surface area contributed by atoms with Gasteiger partial charge in [-0.05, 0) is 12.7 Å². The van der Waals surface area contributed by atoms with Crippen molar-refractivity contribution in [3.63, 3.8) is 0 Å². The summed E-state index contributed by atoms with van der Waals surface area (Å²) in [6.45, 7) is 2.45. The van der Waals surface area contributed by atoms with Gasteiger partial charge in [-0.1, -0.05) is 6.92 Å². The molecule has 5 unspecified atom stereocenters. The highest BCUT2D eigenvalue weighted by Crippen LogP contribution is 2.28. The largest absolute Gasteiger partial charge is 0.394 e. The molecule has 0 bridgehead atoms. The van der Waals surface area contributed by atoms with Gasteiger partial charge in [-0.15, -0.1) is 11.8 Å². The molecule has 10 heteroatoms. The van der Waals surface area contributed by atoms with Gasteiger partial charge in [-0.25, -0.2) is 4.79 Å². The Morgan fingerprint density at radius 3 is 2.30 bits per heavy atom. The Morgan fingerprint density at radius 2 is 1.78 bits per heavy atom. The number of hydrogen-bond donors (Lipinski definition) is 6. The number of aromatic nitrogens is 2. The predicted molar refractivity (Wildman–Crippen MR) is 84.3 cm³/mol. The molecule has 0 radical (unpaired) electrons. The number of nitrogens with one attached hydrogen (secondary N) is 1. The third-order valence-corrected chi connectivity index (χ3v) is 4.51. The Hall–Kier alpha value is -1.17. The summed E-state index contributed by atoms with van der Waals surface area (Å²) < 4.78 is 1.05. The van der Waals surface area contributed by atoms with Gasteiger partial charge in [-0.3, -0.25) is 14.3 Å². The standard InChI is InChI=1S/C13H22N2O7S/c1-3-23-12(10(20)9(19)8(18)7(17)5-16)15-4-6(2)11(21)14-13(15)22/h4,7-10,12,16-20H,3,5H2,1-2H3,(H,14,21,22). The van der Waals surface area contributed by atoms with Crippen LogP contribution in [-0.4, -0.2) is 71.9 Å². The van der Waals surface area contributed by atoms with Gasteiger partial charge in [0, 0.05) is 11.8 Å². The number of nitrogens with zero attached hydrogens (tertiary/aromatic N) is 1. The van der Waals surface area contributed by atoms with Crippen LogP contribution >= 0.6 is 11.8 Å². The first-order valence-corrected chi connectivity index (χ1v) is 8.06. The molecule has 9 nitrogen and oxygen atoms in total. The van der Waals surface area contributed by atoms with E-state index in [1.807, 2.05) is 0 Å². The number of aliphatic hydroxyl groups is 5. The molecule has 5 atom stereocenters. The van der Waals surface area contributed by atoms with Crippen LogP contribution < -0.4 is 11.2 Å². The maximum atomic E-state index is 11.9. The Kier molecular flexibility index (Phi) is 7.45. The smallest absolute Gasteiger partial charge is 0.329 e. The summed E-state index contributed by atoms with van der Waals surface area (Å²) in [4.78, 5) is 25.5. The summed E-state index contributed by atoms with van der Waals surface area (Å²) in [5.41, 5.74) is -1.09. The first kappa shape index (κ1) is 19.9. The third-order valence-electron chi connectivity index (χ3n) is 3.33. The van der Waals surface area contributed by atoms with E-state index < -0.39 is 47.6 Å². The van der Waals surface area contributed by atoms with Gasteiger partial charge < -0.3 is 25.5 Å². The molecule has 0 aliphatic heterocycles. The number of aryl methyl sites for hydroxylation is 1. The summed E-state index contributed by atoms with van der Waals surface area (Å²) in [5, 5.41) is 47.2. The molecule has 1 heterocycles. The monoisotopic (exact) mass is 350 g/mol. The Bertz CT molecular complexity index is 617. The van der Waals surface area contributed by atoms with Crippen molar-refractivity contribution in [3.8, 4) is 0 Å². The van der Waals surface area contributed by atoms with E-state index in [1.165, 1.54) is 13.1 Å². The normalized spacial score (nSPS) is 18.2. The molecule has 0 saturated heterocycles. The lowest BCUT2D eigenvalue weighted by Crippen LogP contribution is -2.49. The van der Waals surface area contributed by atoms with Crippen molar-refractivity contribution in [1.82, 2.24) is 9.55 Å². The molecule has 0 saturated carbocycles. The van der Waals surface area contributed by atoms with Crippen molar-refractivity contribution in [2.75, 3.05) is 12.4 Å². The van der Waals surface area contributed by atoms with Crippen molar-refractivity contribution in [2.45, 2.75) is 43.6 Å². The molecule has 1 rings (SSSR count). The molecule has 132 valence electrons. The van der Waals surface area contributed by atoms with Crippen molar-refractivity contribution in [3.05, 3.63) is 32.6 Å². The molecule has 1 aromatic rings. The average molecular weight is 350 g/mol. The second-order valence-corrected chi connectivity index (χ2v) is 6.44. The quantitative estimate of drug-likeness (QED) is 0.301. The molecule has 6 N–H and O–H groups in total. The van der Waals surface area contributed by atoms with Crippen LogP contribution in [0.25, 0.3) is 0 Å². The maximum absolute atomic E-state index is 11.9. The van der Waals surface area contributed by atoms with Gasteiger partial charge in [0.1, 0.15) is 29.8 Å². The van der Waals surface area contributed by atoms with Crippen LogP contribution in [-0.2, 0) is 0 Å². The highest BCUT2D eigenvalue weighted by molar-refractivity contribution is 7.99. The lowest BCUT2D eigenvalue weighted by molar-refractivity contribution is -0.118. The number of H-pyrrole nitrogens is 1. The highest BCUT2D eigenvalue weighted by Gasteiger charge is 2.36. The zero-order valence-electron chi connectivity index (χ0n) is 12.8. The number of hydrogen-bond acceptors (Lipinski definition) is 8. The van der Waals surface area contributed by atoms with E-state index in [-0.39, 0.29) is 5.56 Å². The highest BCUT2D eigenvalue weighted by atomic mass is 32.2. The molecule has 0 fully saturated rings. The van der Waals surface area contributed by atoms with Crippen LogP contribution in [0.1, 0.15) is 17.9 Å². The van der Waals surface area contributed by atoms with Gasteiger partial charge in [0.05, 0.1) is 6.61 Å². The van der Waals surface area contributed by atoms with Crippen LogP contribution in [0.2, 0.25) is 0 Å². The minimum absolute atomic E-state index is 0.240. The average Bonchev–Trinajstić information content (AvgIpc) is 2.53. The predicted octanol–water partition coefficient (Wildman–Crippen LogP) is -2.47. The third kappa shape index (κ3) is 4.66. The van der Waals surface area contributed by atoms with Gasteiger partial charge in [-0.2, -0.15) is 0 Å². The van der Waals surface area contributed by atoms with Crippen LogP contribution in [0.15, 0.2) is 15.8 Å². The maximum Gasteiger partial charge on any atom is 0.329 e. The zero-order valence-corrected chi connectivity index (χ0v) is 13.6.